The van der Waals surface area contributed by atoms with Gasteiger partial charge in [0.1, 0.15) is 24.4 Å². The summed E-state index contributed by atoms with van der Waals surface area (Å²) in [4.78, 5) is 13.1. The summed E-state index contributed by atoms with van der Waals surface area (Å²) in [6.07, 6.45) is 70.6. The minimum absolute atomic E-state index is 0.183. The maximum atomic E-state index is 13.1. The molecule has 1 aliphatic heterocycles. The first-order valence-electron chi connectivity index (χ1n) is 33.4. The van der Waals surface area contributed by atoms with Crippen molar-refractivity contribution < 1.29 is 39.8 Å². The van der Waals surface area contributed by atoms with Gasteiger partial charge in [-0.2, -0.15) is 0 Å². The van der Waals surface area contributed by atoms with Gasteiger partial charge in [-0.25, -0.2) is 0 Å². The number of nitrogens with one attached hydrogen (secondary N) is 1. The van der Waals surface area contributed by atoms with Gasteiger partial charge in [-0.05, 0) is 64.2 Å². The molecule has 1 rings (SSSR count). The molecule has 1 heterocycles. The van der Waals surface area contributed by atoms with E-state index in [1.54, 1.807) is 6.08 Å². The van der Waals surface area contributed by atoms with E-state index in [0.717, 1.165) is 44.9 Å². The molecule has 0 aromatic rings. The van der Waals surface area contributed by atoms with Crippen LogP contribution in [0.3, 0.4) is 0 Å². The van der Waals surface area contributed by atoms with Crippen molar-refractivity contribution in [2.24, 2.45) is 0 Å². The second-order valence-corrected chi connectivity index (χ2v) is 23.3. The Labute approximate surface area is 475 Å². The van der Waals surface area contributed by atoms with Gasteiger partial charge in [-0.15, -0.1) is 0 Å². The molecule has 9 nitrogen and oxygen atoms in total. The molecule has 0 saturated carbocycles. The first-order chi connectivity index (χ1) is 37.8. The summed E-state index contributed by atoms with van der Waals surface area (Å²) in [6.45, 7) is 3.80. The topological polar surface area (TPSA) is 149 Å². The molecule has 1 aliphatic rings. The van der Waals surface area contributed by atoms with Gasteiger partial charge in [-0.3, -0.25) is 4.79 Å². The van der Waals surface area contributed by atoms with E-state index >= 15 is 0 Å². The lowest BCUT2D eigenvalue weighted by molar-refractivity contribution is -0.302. The smallest absolute Gasteiger partial charge is 0.220 e. The number of hydrogen-bond donors (Lipinski definition) is 6. The second-order valence-electron chi connectivity index (χ2n) is 23.3. The molecule has 1 amide bonds. The van der Waals surface area contributed by atoms with E-state index in [-0.39, 0.29) is 12.5 Å². The van der Waals surface area contributed by atoms with E-state index < -0.39 is 49.5 Å². The third-order valence-electron chi connectivity index (χ3n) is 15.9. The zero-order valence-corrected chi connectivity index (χ0v) is 50.5. The average molecular weight is 1090 g/mol. The van der Waals surface area contributed by atoms with Gasteiger partial charge >= 0.3 is 0 Å². The van der Waals surface area contributed by atoms with Crippen molar-refractivity contribution in [3.05, 3.63) is 48.6 Å². The van der Waals surface area contributed by atoms with Crippen LogP contribution in [0, 0.1) is 0 Å². The fourth-order valence-electron chi connectivity index (χ4n) is 10.6. The molecular weight excluding hydrogens is 959 g/mol. The Morgan fingerprint density at radius 1 is 0.442 bits per heavy atom. The molecule has 452 valence electrons. The average Bonchev–Trinajstić information content (AvgIpc) is 3.43. The number of carbonyl (C=O) groups excluding carboxylic acids is 1. The Bertz CT molecular complexity index is 1350. The molecule has 0 spiro atoms. The highest BCUT2D eigenvalue weighted by Gasteiger charge is 2.44. The summed E-state index contributed by atoms with van der Waals surface area (Å²) in [5.74, 6) is -0.183. The van der Waals surface area contributed by atoms with Gasteiger partial charge < -0.3 is 40.3 Å². The number of amides is 1. The van der Waals surface area contributed by atoms with Crippen LogP contribution in [0.5, 0.6) is 0 Å². The summed E-state index contributed by atoms with van der Waals surface area (Å²) in [7, 11) is 0. The van der Waals surface area contributed by atoms with E-state index in [1.165, 1.54) is 257 Å². The van der Waals surface area contributed by atoms with Gasteiger partial charge in [0, 0.05) is 6.42 Å². The van der Waals surface area contributed by atoms with Crippen molar-refractivity contribution >= 4 is 5.91 Å². The minimum atomic E-state index is -1.57. The van der Waals surface area contributed by atoms with Crippen LogP contribution in [0.4, 0.5) is 0 Å². The summed E-state index contributed by atoms with van der Waals surface area (Å²) in [5.41, 5.74) is 0. The number of hydrogen-bond acceptors (Lipinski definition) is 8. The van der Waals surface area contributed by atoms with E-state index in [0.29, 0.717) is 6.42 Å². The summed E-state index contributed by atoms with van der Waals surface area (Å²) >= 11 is 0. The van der Waals surface area contributed by atoms with Crippen molar-refractivity contribution in [1.82, 2.24) is 5.32 Å². The van der Waals surface area contributed by atoms with Crippen LogP contribution in [0.25, 0.3) is 0 Å². The fourth-order valence-corrected chi connectivity index (χ4v) is 10.6. The SMILES string of the molecule is CCCCCCC/C=C\C/C=C\CCCCCCCCCCCCCCCCCC(=O)NC(COC1OC(CO)C(O)C(O)C1O)C(O)/C=C/CC/C=C/CCCCCCCCCCCCCCCCCCCCCCC. The van der Waals surface area contributed by atoms with Crippen molar-refractivity contribution in [3.8, 4) is 0 Å². The first kappa shape index (κ1) is 73.2. The quantitative estimate of drug-likeness (QED) is 0.0261. The Kier molecular flexibility index (Phi) is 54.5. The van der Waals surface area contributed by atoms with Gasteiger partial charge in [0.05, 0.1) is 25.4 Å². The molecule has 0 radical (unpaired) electrons. The zero-order chi connectivity index (χ0) is 55.8. The molecule has 77 heavy (non-hydrogen) atoms. The van der Waals surface area contributed by atoms with Crippen LogP contribution in [0.15, 0.2) is 48.6 Å². The number of ether oxygens (including phenoxy) is 2. The van der Waals surface area contributed by atoms with Crippen molar-refractivity contribution in [3.63, 3.8) is 0 Å². The normalized spacial score (nSPS) is 19.0. The number of unbranched alkanes of at least 4 members (excludes halogenated alkanes) is 42. The number of aliphatic hydroxyl groups is 5. The van der Waals surface area contributed by atoms with Crippen molar-refractivity contribution in [2.45, 2.75) is 365 Å². The van der Waals surface area contributed by atoms with E-state index in [4.69, 9.17) is 9.47 Å². The molecular formula is C68H127NO8. The predicted molar refractivity (Wildman–Crippen MR) is 327 cm³/mol. The third kappa shape index (κ3) is 46.5. The lowest BCUT2D eigenvalue weighted by Gasteiger charge is -2.40. The predicted octanol–water partition coefficient (Wildman–Crippen LogP) is 17.6. The van der Waals surface area contributed by atoms with Gasteiger partial charge in [0.15, 0.2) is 6.29 Å². The third-order valence-corrected chi connectivity index (χ3v) is 15.9. The summed E-state index contributed by atoms with van der Waals surface area (Å²) < 4.78 is 11.3. The van der Waals surface area contributed by atoms with Gasteiger partial charge in [0.25, 0.3) is 0 Å². The first-order valence-corrected chi connectivity index (χ1v) is 33.4. The number of carbonyl (C=O) groups is 1. The largest absolute Gasteiger partial charge is 0.394 e. The highest BCUT2D eigenvalue weighted by Crippen LogP contribution is 2.23. The molecule has 9 heteroatoms. The van der Waals surface area contributed by atoms with Gasteiger partial charge in [-0.1, -0.05) is 300 Å². The van der Waals surface area contributed by atoms with Gasteiger partial charge in [0.2, 0.25) is 5.91 Å². The molecule has 7 unspecified atom stereocenters. The molecule has 0 bridgehead atoms. The van der Waals surface area contributed by atoms with Crippen LogP contribution in [-0.2, 0) is 14.3 Å². The van der Waals surface area contributed by atoms with Crippen LogP contribution in [0.1, 0.15) is 322 Å². The fraction of sp³-hybridized carbons (Fsp3) is 0.868. The minimum Gasteiger partial charge on any atom is -0.394 e. The molecule has 1 saturated heterocycles. The van der Waals surface area contributed by atoms with Crippen LogP contribution in [0.2, 0.25) is 0 Å². The van der Waals surface area contributed by atoms with Crippen LogP contribution < -0.4 is 5.32 Å². The summed E-state index contributed by atoms with van der Waals surface area (Å²) in [5, 5.41) is 54.7. The second kappa shape index (κ2) is 57.4. The van der Waals surface area contributed by atoms with E-state index in [1.807, 2.05) is 6.08 Å². The standard InChI is InChI=1S/C68H127NO8/c1-3-5-7-9-11-13-15-17-19-21-23-25-27-29-31-33-35-37-39-41-43-45-47-49-51-53-55-57-62(71)61(60-76-68-67(75)66(74)65(73)63(59-70)77-68)69-64(72)58-56-54-52-50-48-46-44-42-40-38-36-34-32-30-28-26-24-22-20-18-16-14-12-10-8-6-4-2/h16,18,22,24,47,49,55,57,61-63,65-68,70-71,73-75H,3-15,17,19-21,23,25-46,48,50-54,56,58-60H2,1-2H3,(H,69,72)/b18-16-,24-22-,49-47+,57-55+. The highest BCUT2D eigenvalue weighted by molar-refractivity contribution is 5.76. The summed E-state index contributed by atoms with van der Waals surface area (Å²) in [6, 6.07) is -0.824. The Morgan fingerprint density at radius 3 is 1.17 bits per heavy atom. The molecule has 0 aliphatic carbocycles. The molecule has 6 N–H and O–H groups in total. The van der Waals surface area contributed by atoms with Crippen LogP contribution in [-0.4, -0.2) is 87.5 Å². The maximum Gasteiger partial charge on any atom is 0.220 e. The lowest BCUT2D eigenvalue weighted by Crippen LogP contribution is -2.60. The number of rotatable bonds is 58. The monoisotopic (exact) mass is 1090 g/mol. The van der Waals surface area contributed by atoms with E-state index in [9.17, 15) is 30.3 Å². The Morgan fingerprint density at radius 2 is 0.779 bits per heavy atom. The van der Waals surface area contributed by atoms with Crippen LogP contribution >= 0.6 is 0 Å². The number of aliphatic hydroxyl groups excluding tert-OH is 5. The molecule has 7 atom stereocenters. The van der Waals surface area contributed by atoms with E-state index in [2.05, 4.69) is 55.6 Å². The molecule has 0 aromatic carbocycles. The lowest BCUT2D eigenvalue weighted by atomic mass is 9.99. The maximum absolute atomic E-state index is 13.1. The number of allylic oxidation sites excluding steroid dienone is 7. The Balaban J connectivity index is 2.18. The van der Waals surface area contributed by atoms with Crippen molar-refractivity contribution in [2.75, 3.05) is 13.2 Å². The molecule has 1 fully saturated rings. The Hall–Kier alpha value is -1.85. The zero-order valence-electron chi connectivity index (χ0n) is 50.5. The van der Waals surface area contributed by atoms with Crippen molar-refractivity contribution in [1.29, 1.82) is 0 Å². The highest BCUT2D eigenvalue weighted by atomic mass is 16.7. The molecule has 0 aromatic heterocycles.